The fourth-order valence-electron chi connectivity index (χ4n) is 5.22. The molecule has 0 bridgehead atoms. The van der Waals surface area contributed by atoms with Crippen molar-refractivity contribution in [2.24, 2.45) is 5.92 Å². The van der Waals surface area contributed by atoms with Crippen LogP contribution in [0, 0.1) is 5.92 Å². The van der Waals surface area contributed by atoms with Gasteiger partial charge in [-0.1, -0.05) is 0 Å². The molecular weight excluding hydrogens is 460 g/mol. The third-order valence-corrected chi connectivity index (χ3v) is 7.16. The summed E-state index contributed by atoms with van der Waals surface area (Å²) in [5, 5.41) is 0. The molecule has 1 saturated heterocycles. The molecule has 1 atom stereocenters. The lowest BCUT2D eigenvalue weighted by molar-refractivity contribution is -0.131. The van der Waals surface area contributed by atoms with Crippen LogP contribution in [0.4, 0.5) is 0 Å². The molecule has 0 aromatic heterocycles. The average molecular weight is 499 g/mol. The SMILES string of the molecule is COc1ccc(OCCN2CCC[C@H](CN3CCc4cc(OC)c(OC)cc4CC3=O)C2)cc1OC. The Hall–Kier alpha value is -3.13. The molecule has 0 N–H and O–H groups in total. The second-order valence-corrected chi connectivity index (χ2v) is 9.42. The highest BCUT2D eigenvalue weighted by Crippen LogP contribution is 2.33. The maximum absolute atomic E-state index is 13.1. The van der Waals surface area contributed by atoms with Crippen molar-refractivity contribution in [1.82, 2.24) is 9.80 Å². The number of hydrogen-bond acceptors (Lipinski definition) is 7. The van der Waals surface area contributed by atoms with Crippen molar-refractivity contribution < 1.29 is 28.5 Å². The molecule has 0 unspecified atom stereocenters. The van der Waals surface area contributed by atoms with Gasteiger partial charge < -0.3 is 28.6 Å². The minimum absolute atomic E-state index is 0.190. The molecule has 8 nitrogen and oxygen atoms in total. The minimum Gasteiger partial charge on any atom is -0.493 e. The highest BCUT2D eigenvalue weighted by molar-refractivity contribution is 5.80. The Bertz CT molecular complexity index is 1040. The van der Waals surface area contributed by atoms with Crippen molar-refractivity contribution in [3.8, 4) is 28.7 Å². The van der Waals surface area contributed by atoms with E-state index in [0.717, 1.165) is 69.0 Å². The molecule has 2 aromatic rings. The van der Waals surface area contributed by atoms with E-state index in [-0.39, 0.29) is 5.91 Å². The maximum Gasteiger partial charge on any atom is 0.227 e. The average Bonchev–Trinajstić information content (AvgIpc) is 3.05. The molecule has 0 aliphatic carbocycles. The van der Waals surface area contributed by atoms with Crippen LogP contribution in [0.1, 0.15) is 24.0 Å². The number of carbonyl (C=O) groups is 1. The Morgan fingerprint density at radius 2 is 1.56 bits per heavy atom. The zero-order valence-electron chi connectivity index (χ0n) is 21.9. The van der Waals surface area contributed by atoms with E-state index in [1.165, 1.54) is 5.56 Å². The number of benzene rings is 2. The Morgan fingerprint density at radius 3 is 2.28 bits per heavy atom. The van der Waals surface area contributed by atoms with Gasteiger partial charge in [0.05, 0.1) is 34.9 Å². The first kappa shape index (κ1) is 25.9. The van der Waals surface area contributed by atoms with Crippen molar-refractivity contribution in [1.29, 1.82) is 0 Å². The first-order valence-corrected chi connectivity index (χ1v) is 12.6. The number of rotatable bonds is 10. The predicted molar refractivity (Wildman–Crippen MR) is 138 cm³/mol. The number of hydrogen-bond donors (Lipinski definition) is 0. The van der Waals surface area contributed by atoms with E-state index in [1.54, 1.807) is 28.4 Å². The topological polar surface area (TPSA) is 69.7 Å². The van der Waals surface area contributed by atoms with Crippen LogP contribution >= 0.6 is 0 Å². The summed E-state index contributed by atoms with van der Waals surface area (Å²) < 4.78 is 27.5. The van der Waals surface area contributed by atoms with Gasteiger partial charge in [-0.05, 0) is 67.1 Å². The van der Waals surface area contributed by atoms with Gasteiger partial charge in [-0.2, -0.15) is 0 Å². The van der Waals surface area contributed by atoms with Crippen LogP contribution in [0.15, 0.2) is 30.3 Å². The van der Waals surface area contributed by atoms with Crippen LogP contribution in [-0.2, 0) is 17.6 Å². The van der Waals surface area contributed by atoms with Gasteiger partial charge >= 0.3 is 0 Å². The quantitative estimate of drug-likeness (QED) is 0.497. The Labute approximate surface area is 214 Å². The molecular formula is C28H38N2O6. The van der Waals surface area contributed by atoms with Gasteiger partial charge in [0.25, 0.3) is 0 Å². The van der Waals surface area contributed by atoms with Crippen LogP contribution in [0.25, 0.3) is 0 Å². The first-order chi connectivity index (χ1) is 17.5. The third-order valence-electron chi connectivity index (χ3n) is 7.16. The summed E-state index contributed by atoms with van der Waals surface area (Å²) in [4.78, 5) is 17.6. The second-order valence-electron chi connectivity index (χ2n) is 9.42. The molecule has 0 radical (unpaired) electrons. The summed E-state index contributed by atoms with van der Waals surface area (Å²) in [5.74, 6) is 4.17. The van der Waals surface area contributed by atoms with Crippen LogP contribution in [0.2, 0.25) is 0 Å². The smallest absolute Gasteiger partial charge is 0.227 e. The number of carbonyl (C=O) groups excluding carboxylic acids is 1. The number of piperidine rings is 1. The Morgan fingerprint density at radius 1 is 0.861 bits per heavy atom. The highest BCUT2D eigenvalue weighted by Gasteiger charge is 2.27. The molecule has 1 fully saturated rings. The summed E-state index contributed by atoms with van der Waals surface area (Å²) in [5.41, 5.74) is 2.21. The summed E-state index contributed by atoms with van der Waals surface area (Å²) >= 11 is 0. The zero-order valence-corrected chi connectivity index (χ0v) is 21.9. The number of nitrogens with zero attached hydrogens (tertiary/aromatic N) is 2. The number of ether oxygens (including phenoxy) is 5. The molecule has 2 heterocycles. The van der Waals surface area contributed by atoms with Gasteiger partial charge in [-0.25, -0.2) is 0 Å². The molecule has 2 aromatic carbocycles. The molecule has 4 rings (SSSR count). The van der Waals surface area contributed by atoms with E-state index in [1.807, 2.05) is 35.2 Å². The monoisotopic (exact) mass is 498 g/mol. The van der Waals surface area contributed by atoms with Gasteiger partial charge in [0.1, 0.15) is 12.4 Å². The number of amides is 1. The fourth-order valence-corrected chi connectivity index (χ4v) is 5.22. The number of fused-ring (bicyclic) bond motifs is 1. The molecule has 2 aliphatic heterocycles. The predicted octanol–water partition coefficient (Wildman–Crippen LogP) is 3.44. The zero-order chi connectivity index (χ0) is 25.5. The summed E-state index contributed by atoms with van der Waals surface area (Å²) in [7, 11) is 6.52. The molecule has 0 saturated carbocycles. The van der Waals surface area contributed by atoms with Gasteiger partial charge in [-0.15, -0.1) is 0 Å². The summed E-state index contributed by atoms with van der Waals surface area (Å²) in [6.45, 7) is 5.03. The van der Waals surface area contributed by atoms with E-state index < -0.39 is 0 Å². The van der Waals surface area contributed by atoms with Crippen molar-refractivity contribution in [2.45, 2.75) is 25.7 Å². The lowest BCUT2D eigenvalue weighted by Gasteiger charge is -2.35. The van der Waals surface area contributed by atoms with E-state index in [4.69, 9.17) is 23.7 Å². The molecule has 1 amide bonds. The maximum atomic E-state index is 13.1. The normalized spacial score (nSPS) is 18.3. The second kappa shape index (κ2) is 12.2. The number of methoxy groups -OCH3 is 4. The molecule has 196 valence electrons. The van der Waals surface area contributed by atoms with E-state index in [2.05, 4.69) is 4.90 Å². The van der Waals surface area contributed by atoms with E-state index >= 15 is 0 Å². The molecule has 36 heavy (non-hydrogen) atoms. The minimum atomic E-state index is 0.190. The third kappa shape index (κ3) is 6.16. The van der Waals surface area contributed by atoms with Crippen molar-refractivity contribution in [3.63, 3.8) is 0 Å². The van der Waals surface area contributed by atoms with E-state index in [9.17, 15) is 4.79 Å². The largest absolute Gasteiger partial charge is 0.493 e. The van der Waals surface area contributed by atoms with Gasteiger partial charge in [0.15, 0.2) is 23.0 Å². The fraction of sp³-hybridized carbons (Fsp3) is 0.536. The molecule has 0 spiro atoms. The van der Waals surface area contributed by atoms with Crippen LogP contribution in [-0.4, -0.2) is 83.5 Å². The Balaban J connectivity index is 1.29. The van der Waals surface area contributed by atoms with Gasteiger partial charge in [-0.3, -0.25) is 9.69 Å². The standard InChI is InChI=1S/C28H38N2O6/c1-32-24-8-7-23(17-27(24)35-4)36-13-12-29-10-5-6-20(18-29)19-30-11-9-21-14-25(33-2)26(34-3)15-22(21)16-28(30)31/h7-8,14-15,17,20H,5-6,9-13,16,18-19H2,1-4H3/t20-/m0/s1. The van der Waals surface area contributed by atoms with Crippen LogP contribution < -0.4 is 23.7 Å². The molecule has 8 heteroatoms. The van der Waals surface area contributed by atoms with Gasteiger partial charge in [0, 0.05) is 32.2 Å². The van der Waals surface area contributed by atoms with Crippen molar-refractivity contribution in [2.75, 3.05) is 67.8 Å². The summed E-state index contributed by atoms with van der Waals surface area (Å²) in [6.07, 6.45) is 3.52. The van der Waals surface area contributed by atoms with Crippen molar-refractivity contribution >= 4 is 5.91 Å². The lowest BCUT2D eigenvalue weighted by atomic mass is 9.97. The van der Waals surface area contributed by atoms with Crippen LogP contribution in [0.3, 0.4) is 0 Å². The van der Waals surface area contributed by atoms with Crippen LogP contribution in [0.5, 0.6) is 28.7 Å². The Kier molecular flexibility index (Phi) is 8.80. The van der Waals surface area contributed by atoms with E-state index in [0.29, 0.717) is 36.2 Å². The highest BCUT2D eigenvalue weighted by atomic mass is 16.5. The first-order valence-electron chi connectivity index (χ1n) is 12.6. The van der Waals surface area contributed by atoms with Gasteiger partial charge in [0.2, 0.25) is 5.91 Å². The molecule has 2 aliphatic rings. The van der Waals surface area contributed by atoms with Crippen molar-refractivity contribution in [3.05, 3.63) is 41.5 Å². The summed E-state index contributed by atoms with van der Waals surface area (Å²) in [6, 6.07) is 9.58. The number of likely N-dealkylation sites (tertiary alicyclic amines) is 1. The lowest BCUT2D eigenvalue weighted by Crippen LogP contribution is -2.44.